The Morgan fingerprint density at radius 2 is 1.73 bits per heavy atom. The molecular formula is C17H25N3O2+2. The fraction of sp³-hybridized carbons (Fsp3) is 0.529. The number of imide groups is 1. The summed E-state index contributed by atoms with van der Waals surface area (Å²) < 4.78 is 0. The number of carbonyl (C=O) groups is 2. The molecule has 0 unspecified atom stereocenters. The lowest BCUT2D eigenvalue weighted by molar-refractivity contribution is -1.02. The van der Waals surface area contributed by atoms with Crippen molar-refractivity contribution >= 4 is 17.5 Å². The number of nitrogens with one attached hydrogen (secondary N) is 2. The van der Waals surface area contributed by atoms with Crippen LogP contribution in [0.25, 0.3) is 0 Å². The molecule has 22 heavy (non-hydrogen) atoms. The lowest BCUT2D eigenvalue weighted by Crippen LogP contribution is -3.29. The first-order valence-corrected chi connectivity index (χ1v) is 8.21. The minimum atomic E-state index is -0.188. The van der Waals surface area contributed by atoms with Gasteiger partial charge in [-0.25, -0.2) is 4.90 Å². The number of aryl methyl sites for hydroxylation is 1. The molecule has 0 spiro atoms. The molecule has 5 heteroatoms. The summed E-state index contributed by atoms with van der Waals surface area (Å²) in [6.45, 7) is 9.48. The largest absolute Gasteiger partial charge is 0.326 e. The average Bonchev–Trinajstić information content (AvgIpc) is 2.83. The third-order valence-electron chi connectivity index (χ3n) is 5.03. The third-order valence-corrected chi connectivity index (χ3v) is 5.03. The molecule has 0 saturated carbocycles. The zero-order valence-electron chi connectivity index (χ0n) is 13.4. The van der Waals surface area contributed by atoms with Gasteiger partial charge in [0.1, 0.15) is 26.2 Å². The molecule has 1 aromatic carbocycles. The lowest BCUT2D eigenvalue weighted by Gasteiger charge is -2.31. The van der Waals surface area contributed by atoms with Gasteiger partial charge in [0.15, 0.2) is 6.04 Å². The number of anilines is 1. The van der Waals surface area contributed by atoms with Crippen LogP contribution in [0.3, 0.4) is 0 Å². The highest BCUT2D eigenvalue weighted by atomic mass is 16.2. The Morgan fingerprint density at radius 3 is 2.32 bits per heavy atom. The monoisotopic (exact) mass is 303 g/mol. The molecule has 2 aliphatic heterocycles. The molecule has 1 atom stereocenters. The van der Waals surface area contributed by atoms with Crippen molar-refractivity contribution in [3.63, 3.8) is 0 Å². The Labute approximate surface area is 131 Å². The summed E-state index contributed by atoms with van der Waals surface area (Å²) in [5.41, 5.74) is 1.84. The minimum absolute atomic E-state index is 0.0243. The van der Waals surface area contributed by atoms with Crippen molar-refractivity contribution in [2.75, 3.05) is 37.6 Å². The number of nitrogens with zero attached hydrogens (tertiary/aromatic N) is 1. The zero-order chi connectivity index (χ0) is 15.7. The Hall–Kier alpha value is -1.72. The second-order valence-electron chi connectivity index (χ2n) is 6.42. The predicted molar refractivity (Wildman–Crippen MR) is 84.0 cm³/mol. The van der Waals surface area contributed by atoms with E-state index < -0.39 is 0 Å². The Balaban J connectivity index is 1.73. The van der Waals surface area contributed by atoms with Crippen molar-refractivity contribution in [2.45, 2.75) is 26.3 Å². The van der Waals surface area contributed by atoms with Gasteiger partial charge in [-0.1, -0.05) is 17.7 Å². The van der Waals surface area contributed by atoms with E-state index in [-0.39, 0.29) is 17.9 Å². The summed E-state index contributed by atoms with van der Waals surface area (Å²) in [4.78, 5) is 29.3. The maximum atomic E-state index is 12.7. The Bertz CT molecular complexity index is 562. The van der Waals surface area contributed by atoms with Crippen LogP contribution in [-0.4, -0.2) is 50.6 Å². The fourth-order valence-electron chi connectivity index (χ4n) is 3.54. The fourth-order valence-corrected chi connectivity index (χ4v) is 3.54. The second kappa shape index (κ2) is 6.18. The molecule has 2 saturated heterocycles. The topological polar surface area (TPSA) is 46.3 Å². The van der Waals surface area contributed by atoms with E-state index >= 15 is 0 Å². The number of likely N-dealkylation sites (N-methyl/N-ethyl adjacent to an activating group) is 1. The predicted octanol–water partition coefficient (Wildman–Crippen LogP) is -1.57. The number of piperazine rings is 1. The summed E-state index contributed by atoms with van der Waals surface area (Å²) in [5.74, 6) is -0.0829. The number of carbonyl (C=O) groups excluding carboxylic acids is 2. The quantitative estimate of drug-likeness (QED) is 0.663. The Morgan fingerprint density at radius 1 is 1.09 bits per heavy atom. The van der Waals surface area contributed by atoms with Crippen LogP contribution in [0.1, 0.15) is 18.9 Å². The van der Waals surface area contributed by atoms with Crippen LogP contribution >= 0.6 is 0 Å². The van der Waals surface area contributed by atoms with Crippen LogP contribution < -0.4 is 14.7 Å². The summed E-state index contributed by atoms with van der Waals surface area (Å²) in [7, 11) is 0. The highest BCUT2D eigenvalue weighted by Gasteiger charge is 2.46. The SMILES string of the molecule is CC[NH+]1CC[NH+]([C@@H]2CC(=O)N(c3ccc(C)cc3)C2=O)CC1. The second-order valence-corrected chi connectivity index (χ2v) is 6.42. The highest BCUT2D eigenvalue weighted by Crippen LogP contribution is 2.22. The van der Waals surface area contributed by atoms with Gasteiger partial charge in [-0.3, -0.25) is 9.59 Å². The van der Waals surface area contributed by atoms with Crippen molar-refractivity contribution in [3.8, 4) is 0 Å². The van der Waals surface area contributed by atoms with E-state index in [1.54, 1.807) is 4.90 Å². The average molecular weight is 303 g/mol. The molecule has 5 nitrogen and oxygen atoms in total. The van der Waals surface area contributed by atoms with Crippen LogP contribution in [0.15, 0.2) is 24.3 Å². The summed E-state index contributed by atoms with van der Waals surface area (Å²) in [6.07, 6.45) is 0.351. The van der Waals surface area contributed by atoms with Crippen LogP contribution in [-0.2, 0) is 9.59 Å². The molecule has 2 amide bonds. The van der Waals surface area contributed by atoms with Gasteiger partial charge in [0.05, 0.1) is 18.7 Å². The van der Waals surface area contributed by atoms with E-state index in [1.165, 1.54) is 9.80 Å². The van der Waals surface area contributed by atoms with Crippen molar-refractivity contribution in [3.05, 3.63) is 29.8 Å². The molecule has 0 bridgehead atoms. The van der Waals surface area contributed by atoms with Crippen molar-refractivity contribution in [2.24, 2.45) is 0 Å². The number of hydrogen-bond acceptors (Lipinski definition) is 2. The first-order chi connectivity index (χ1) is 10.6. The highest BCUT2D eigenvalue weighted by molar-refractivity contribution is 6.21. The van der Waals surface area contributed by atoms with E-state index in [0.717, 1.165) is 38.3 Å². The van der Waals surface area contributed by atoms with Crippen molar-refractivity contribution in [1.29, 1.82) is 0 Å². The number of quaternary nitrogens is 2. The van der Waals surface area contributed by atoms with Crippen LogP contribution in [0.2, 0.25) is 0 Å². The molecule has 0 aromatic heterocycles. The molecule has 1 aromatic rings. The van der Waals surface area contributed by atoms with Gasteiger partial charge >= 0.3 is 0 Å². The third kappa shape index (κ3) is 2.78. The maximum Gasteiger partial charge on any atom is 0.292 e. The first-order valence-electron chi connectivity index (χ1n) is 8.21. The molecule has 0 aliphatic carbocycles. The van der Waals surface area contributed by atoms with Gasteiger partial charge in [0.25, 0.3) is 5.91 Å². The molecule has 2 N–H and O–H groups in total. The Kier molecular flexibility index (Phi) is 4.27. The molecule has 118 valence electrons. The number of hydrogen-bond donors (Lipinski definition) is 2. The molecule has 0 radical (unpaired) electrons. The lowest BCUT2D eigenvalue weighted by atomic mass is 10.1. The van der Waals surface area contributed by atoms with Crippen molar-refractivity contribution in [1.82, 2.24) is 0 Å². The van der Waals surface area contributed by atoms with E-state index in [0.29, 0.717) is 12.1 Å². The maximum absolute atomic E-state index is 12.7. The van der Waals surface area contributed by atoms with E-state index in [9.17, 15) is 9.59 Å². The smallest absolute Gasteiger partial charge is 0.292 e. The number of rotatable bonds is 3. The number of benzene rings is 1. The van der Waals surface area contributed by atoms with Gasteiger partial charge in [-0.2, -0.15) is 0 Å². The van der Waals surface area contributed by atoms with E-state index in [2.05, 4.69) is 6.92 Å². The summed E-state index contributed by atoms with van der Waals surface area (Å²) in [5, 5.41) is 0. The van der Waals surface area contributed by atoms with Crippen LogP contribution in [0.4, 0.5) is 5.69 Å². The first kappa shape index (κ1) is 15.2. The van der Waals surface area contributed by atoms with Gasteiger partial charge < -0.3 is 9.80 Å². The minimum Gasteiger partial charge on any atom is -0.326 e. The standard InChI is InChI=1S/C17H23N3O2/c1-3-18-8-10-19(11-9-18)15-12-16(21)20(17(15)22)14-6-4-13(2)5-7-14/h4-7,15H,3,8-12H2,1-2H3/p+2/t15-/m1/s1. The van der Waals surface area contributed by atoms with Gasteiger partial charge in [-0.15, -0.1) is 0 Å². The molecule has 2 aliphatic rings. The van der Waals surface area contributed by atoms with Gasteiger partial charge in [-0.05, 0) is 26.0 Å². The van der Waals surface area contributed by atoms with Gasteiger partial charge in [0.2, 0.25) is 5.91 Å². The molecule has 2 fully saturated rings. The molecule has 3 rings (SSSR count). The van der Waals surface area contributed by atoms with E-state index in [1.807, 2.05) is 31.2 Å². The summed E-state index contributed by atoms with van der Waals surface area (Å²) >= 11 is 0. The van der Waals surface area contributed by atoms with Crippen LogP contribution in [0.5, 0.6) is 0 Å². The van der Waals surface area contributed by atoms with Gasteiger partial charge in [0, 0.05) is 0 Å². The number of amides is 2. The normalized spacial score (nSPS) is 29.2. The van der Waals surface area contributed by atoms with Crippen LogP contribution in [0, 0.1) is 6.92 Å². The zero-order valence-corrected chi connectivity index (χ0v) is 13.4. The summed E-state index contributed by atoms with van der Waals surface area (Å²) in [6, 6.07) is 7.43. The van der Waals surface area contributed by atoms with E-state index in [4.69, 9.17) is 0 Å². The molecule has 2 heterocycles. The van der Waals surface area contributed by atoms with Crippen molar-refractivity contribution < 1.29 is 19.4 Å². The molecular weight excluding hydrogens is 278 g/mol.